The molecule has 9 heteroatoms. The molecule has 1 aliphatic rings. The third kappa shape index (κ3) is 3.77. The lowest BCUT2D eigenvalue weighted by Crippen LogP contribution is -2.26. The monoisotopic (exact) mass is 429 g/mol. The number of nitrogens with zero attached hydrogens (tertiary/aromatic N) is 6. The topological polar surface area (TPSA) is 108 Å². The smallest absolute Gasteiger partial charge is 0.261 e. The molecule has 0 saturated carbocycles. The number of carbonyl (C=O) groups excluding carboxylic acids is 1. The van der Waals surface area contributed by atoms with Crippen LogP contribution in [0.1, 0.15) is 47.4 Å². The molecular weight excluding hydrogens is 406 g/mol. The van der Waals surface area contributed by atoms with Crippen molar-refractivity contribution < 1.29 is 4.79 Å². The van der Waals surface area contributed by atoms with Gasteiger partial charge in [0.2, 0.25) is 0 Å². The Morgan fingerprint density at radius 1 is 1.06 bits per heavy atom. The van der Waals surface area contributed by atoms with Gasteiger partial charge in [-0.2, -0.15) is 0 Å². The van der Waals surface area contributed by atoms with Gasteiger partial charge in [0.1, 0.15) is 12.2 Å². The van der Waals surface area contributed by atoms with Crippen molar-refractivity contribution in [1.82, 2.24) is 29.8 Å². The maximum absolute atomic E-state index is 13.0. The average Bonchev–Trinajstić information content (AvgIpc) is 3.31. The van der Waals surface area contributed by atoms with Crippen LogP contribution in [0.25, 0.3) is 16.6 Å². The van der Waals surface area contributed by atoms with E-state index < -0.39 is 0 Å². The SMILES string of the molecule is Cc1ccc(-n2cnnn2)cc1NC(=O)c1ccc2c(=O)n3c(nc2c1)CCCCCC3. The fourth-order valence-electron chi connectivity index (χ4n) is 4.10. The molecule has 1 aliphatic heterocycles. The predicted octanol–water partition coefficient (Wildman–Crippen LogP) is 3.05. The Morgan fingerprint density at radius 3 is 2.78 bits per heavy atom. The summed E-state index contributed by atoms with van der Waals surface area (Å²) in [5.41, 5.74) is 3.30. The molecule has 0 radical (unpaired) electrons. The molecular formula is C23H23N7O2. The molecule has 162 valence electrons. The lowest BCUT2D eigenvalue weighted by Gasteiger charge is -2.16. The largest absolute Gasteiger partial charge is 0.322 e. The molecule has 4 aromatic rings. The minimum Gasteiger partial charge on any atom is -0.322 e. The van der Waals surface area contributed by atoms with Crippen molar-refractivity contribution in [2.45, 2.75) is 45.6 Å². The Bertz CT molecular complexity index is 1360. The third-order valence-corrected chi connectivity index (χ3v) is 5.91. The van der Waals surface area contributed by atoms with Gasteiger partial charge in [0.05, 0.1) is 16.6 Å². The van der Waals surface area contributed by atoms with Crippen molar-refractivity contribution in [2.75, 3.05) is 5.32 Å². The quantitative estimate of drug-likeness (QED) is 0.536. The lowest BCUT2D eigenvalue weighted by atomic mass is 10.1. The van der Waals surface area contributed by atoms with E-state index in [2.05, 4.69) is 20.8 Å². The second-order valence-corrected chi connectivity index (χ2v) is 8.09. The summed E-state index contributed by atoms with van der Waals surface area (Å²) in [6, 6.07) is 10.7. The van der Waals surface area contributed by atoms with E-state index >= 15 is 0 Å². The van der Waals surface area contributed by atoms with E-state index in [-0.39, 0.29) is 11.5 Å². The number of tetrazole rings is 1. The molecule has 32 heavy (non-hydrogen) atoms. The van der Waals surface area contributed by atoms with E-state index in [1.807, 2.05) is 25.1 Å². The van der Waals surface area contributed by atoms with Crippen LogP contribution in [0.3, 0.4) is 0 Å². The standard InChI is InChI=1S/C23H23N7O2/c1-15-7-9-17(30-14-24-27-28-30)13-19(15)26-22(31)16-8-10-18-20(12-16)25-21-6-4-2-3-5-11-29(21)23(18)32/h7-10,12-14H,2-6,11H2,1H3,(H,26,31). The summed E-state index contributed by atoms with van der Waals surface area (Å²) in [6.07, 6.45) is 6.58. The highest BCUT2D eigenvalue weighted by Gasteiger charge is 2.16. The van der Waals surface area contributed by atoms with Crippen LogP contribution in [0.5, 0.6) is 0 Å². The van der Waals surface area contributed by atoms with Crippen molar-refractivity contribution >= 4 is 22.5 Å². The number of carbonyl (C=O) groups is 1. The number of nitrogens with one attached hydrogen (secondary N) is 1. The highest BCUT2D eigenvalue weighted by atomic mass is 16.1. The van der Waals surface area contributed by atoms with Crippen LogP contribution in [-0.4, -0.2) is 35.7 Å². The fraction of sp³-hybridized carbons (Fsp3) is 0.304. The van der Waals surface area contributed by atoms with Gasteiger partial charge in [-0.05, 0) is 66.1 Å². The van der Waals surface area contributed by atoms with Crippen molar-refractivity contribution in [3.63, 3.8) is 0 Å². The number of hydrogen-bond acceptors (Lipinski definition) is 6. The maximum Gasteiger partial charge on any atom is 0.261 e. The molecule has 1 N–H and O–H groups in total. The molecule has 0 bridgehead atoms. The summed E-state index contributed by atoms with van der Waals surface area (Å²) in [5.74, 6) is 0.544. The zero-order chi connectivity index (χ0) is 22.1. The van der Waals surface area contributed by atoms with E-state index in [1.54, 1.807) is 22.8 Å². The number of rotatable bonds is 3. The number of hydrogen-bond donors (Lipinski definition) is 1. The van der Waals surface area contributed by atoms with Crippen LogP contribution in [0.15, 0.2) is 47.5 Å². The van der Waals surface area contributed by atoms with Gasteiger partial charge in [-0.3, -0.25) is 14.2 Å². The molecule has 9 nitrogen and oxygen atoms in total. The molecule has 1 amide bonds. The Labute approximate surface area is 184 Å². The second-order valence-electron chi connectivity index (χ2n) is 8.09. The van der Waals surface area contributed by atoms with Gasteiger partial charge < -0.3 is 5.32 Å². The number of anilines is 1. The van der Waals surface area contributed by atoms with Crippen molar-refractivity contribution in [1.29, 1.82) is 0 Å². The van der Waals surface area contributed by atoms with E-state index in [4.69, 9.17) is 4.98 Å². The van der Waals surface area contributed by atoms with Crippen LogP contribution < -0.4 is 10.9 Å². The van der Waals surface area contributed by atoms with Gasteiger partial charge in [0.15, 0.2) is 0 Å². The van der Waals surface area contributed by atoms with Crippen LogP contribution >= 0.6 is 0 Å². The first-order chi connectivity index (χ1) is 15.6. The van der Waals surface area contributed by atoms with Gasteiger partial charge >= 0.3 is 0 Å². The van der Waals surface area contributed by atoms with Crippen LogP contribution in [0, 0.1) is 6.92 Å². The van der Waals surface area contributed by atoms with Crippen molar-refractivity contribution in [2.24, 2.45) is 0 Å². The van der Waals surface area contributed by atoms with Crippen LogP contribution in [-0.2, 0) is 13.0 Å². The summed E-state index contributed by atoms with van der Waals surface area (Å²) in [4.78, 5) is 30.8. The van der Waals surface area contributed by atoms with Crippen LogP contribution in [0.2, 0.25) is 0 Å². The van der Waals surface area contributed by atoms with E-state index in [9.17, 15) is 9.59 Å². The first-order valence-electron chi connectivity index (χ1n) is 10.8. The van der Waals surface area contributed by atoms with Crippen molar-refractivity contribution in [3.05, 3.63) is 70.0 Å². The normalized spacial score (nSPS) is 13.9. The molecule has 2 aromatic carbocycles. The van der Waals surface area contributed by atoms with E-state index in [0.717, 1.165) is 49.2 Å². The highest BCUT2D eigenvalue weighted by Crippen LogP contribution is 2.21. The number of fused-ring (bicyclic) bond motifs is 2. The Hall–Kier alpha value is -3.88. The molecule has 0 unspecified atom stereocenters. The molecule has 0 aliphatic carbocycles. The van der Waals surface area contributed by atoms with E-state index in [0.29, 0.717) is 28.7 Å². The van der Waals surface area contributed by atoms with Gasteiger partial charge in [-0.15, -0.1) is 5.10 Å². The number of amides is 1. The average molecular weight is 429 g/mol. The molecule has 5 rings (SSSR count). The summed E-state index contributed by atoms with van der Waals surface area (Å²) in [5, 5.41) is 14.7. The maximum atomic E-state index is 13.0. The van der Waals surface area contributed by atoms with Crippen LogP contribution in [0.4, 0.5) is 5.69 Å². The minimum absolute atomic E-state index is 0.0242. The fourth-order valence-corrected chi connectivity index (χ4v) is 4.10. The van der Waals surface area contributed by atoms with Gasteiger partial charge in [-0.1, -0.05) is 18.9 Å². The molecule has 0 atom stereocenters. The molecule has 0 fully saturated rings. The number of aryl methyl sites for hydroxylation is 2. The van der Waals surface area contributed by atoms with Gasteiger partial charge in [0, 0.05) is 24.2 Å². The molecule has 3 heterocycles. The second kappa shape index (κ2) is 8.33. The zero-order valence-electron chi connectivity index (χ0n) is 17.8. The number of benzene rings is 2. The predicted molar refractivity (Wildman–Crippen MR) is 120 cm³/mol. The first kappa shape index (κ1) is 20.0. The highest BCUT2D eigenvalue weighted by molar-refractivity contribution is 6.06. The van der Waals surface area contributed by atoms with Gasteiger partial charge in [0.25, 0.3) is 11.5 Å². The molecule has 2 aromatic heterocycles. The zero-order valence-corrected chi connectivity index (χ0v) is 17.8. The lowest BCUT2D eigenvalue weighted by molar-refractivity contribution is 0.102. The molecule has 0 spiro atoms. The number of aromatic nitrogens is 6. The van der Waals surface area contributed by atoms with E-state index in [1.165, 1.54) is 11.0 Å². The summed E-state index contributed by atoms with van der Waals surface area (Å²) in [7, 11) is 0. The summed E-state index contributed by atoms with van der Waals surface area (Å²) < 4.78 is 3.32. The molecule has 0 saturated heterocycles. The minimum atomic E-state index is -0.266. The Kier molecular flexibility index (Phi) is 5.22. The van der Waals surface area contributed by atoms with Crippen molar-refractivity contribution in [3.8, 4) is 5.69 Å². The third-order valence-electron chi connectivity index (χ3n) is 5.91. The summed E-state index contributed by atoms with van der Waals surface area (Å²) >= 11 is 0. The van der Waals surface area contributed by atoms with Gasteiger partial charge in [-0.25, -0.2) is 9.67 Å². The Balaban J connectivity index is 1.47. The summed E-state index contributed by atoms with van der Waals surface area (Å²) in [6.45, 7) is 2.62. The first-order valence-corrected chi connectivity index (χ1v) is 10.8. The Morgan fingerprint density at radius 2 is 1.94 bits per heavy atom.